The Morgan fingerprint density at radius 2 is 1.89 bits per heavy atom. The van der Waals surface area contributed by atoms with Crippen molar-refractivity contribution in [3.8, 4) is 11.5 Å². The summed E-state index contributed by atoms with van der Waals surface area (Å²) in [5.74, 6) is -0.201. The number of thiocarbonyl (C=S) groups is 1. The van der Waals surface area contributed by atoms with Crippen molar-refractivity contribution in [1.82, 2.24) is 4.90 Å². The Morgan fingerprint density at radius 3 is 2.57 bits per heavy atom. The van der Waals surface area contributed by atoms with E-state index in [4.69, 9.17) is 21.7 Å². The highest BCUT2D eigenvalue weighted by Crippen LogP contribution is 2.32. The van der Waals surface area contributed by atoms with Gasteiger partial charge in [-0.2, -0.15) is 0 Å². The van der Waals surface area contributed by atoms with Gasteiger partial charge in [0, 0.05) is 0 Å². The fourth-order valence-corrected chi connectivity index (χ4v) is 3.70. The van der Waals surface area contributed by atoms with Crippen LogP contribution in [0, 0.1) is 0 Å². The third kappa shape index (κ3) is 4.47. The first kappa shape index (κ1) is 19.8. The molecular formula is C20H15NO5S2. The van der Waals surface area contributed by atoms with Crippen molar-refractivity contribution in [3.63, 3.8) is 0 Å². The van der Waals surface area contributed by atoms with Gasteiger partial charge in [-0.3, -0.25) is 14.5 Å². The number of rotatable bonds is 6. The molecule has 2 aromatic rings. The zero-order valence-electron chi connectivity index (χ0n) is 14.8. The minimum absolute atomic E-state index is 0.140. The minimum atomic E-state index is -0.684. The van der Waals surface area contributed by atoms with Crippen LogP contribution in [-0.4, -0.2) is 41.0 Å². The van der Waals surface area contributed by atoms with Gasteiger partial charge in [-0.15, -0.1) is 0 Å². The molecule has 6 nitrogen and oxygen atoms in total. The van der Waals surface area contributed by atoms with Gasteiger partial charge in [-0.05, 0) is 35.9 Å². The van der Waals surface area contributed by atoms with E-state index in [1.165, 1.54) is 17.0 Å². The van der Waals surface area contributed by atoms with Gasteiger partial charge >= 0.3 is 5.97 Å². The third-order valence-electron chi connectivity index (χ3n) is 3.84. The Kier molecular flexibility index (Phi) is 6.23. The van der Waals surface area contributed by atoms with Gasteiger partial charge in [-0.25, -0.2) is 4.79 Å². The average Bonchev–Trinajstić information content (AvgIpc) is 2.96. The number of methoxy groups -OCH3 is 1. The van der Waals surface area contributed by atoms with Gasteiger partial charge < -0.3 is 9.47 Å². The van der Waals surface area contributed by atoms with Crippen LogP contribution < -0.4 is 9.47 Å². The molecule has 1 heterocycles. The second-order valence-electron chi connectivity index (χ2n) is 5.67. The first-order valence-electron chi connectivity index (χ1n) is 8.16. The fraction of sp³-hybridized carbons (Fsp3) is 0.100. The summed E-state index contributed by atoms with van der Waals surface area (Å²) < 4.78 is 10.6. The van der Waals surface area contributed by atoms with Gasteiger partial charge in [0.2, 0.25) is 0 Å². The lowest BCUT2D eigenvalue weighted by Gasteiger charge is -2.14. The van der Waals surface area contributed by atoms with Crippen molar-refractivity contribution in [2.45, 2.75) is 0 Å². The summed E-state index contributed by atoms with van der Waals surface area (Å²) in [6.45, 7) is -0.336. The highest BCUT2D eigenvalue weighted by atomic mass is 32.2. The number of hydrogen-bond acceptors (Lipinski definition) is 7. The van der Waals surface area contributed by atoms with E-state index < -0.39 is 5.97 Å². The van der Waals surface area contributed by atoms with E-state index in [1.807, 2.05) is 12.1 Å². The summed E-state index contributed by atoms with van der Waals surface area (Å²) in [7, 11) is 1.58. The Balaban J connectivity index is 1.70. The lowest BCUT2D eigenvalue weighted by Crippen LogP contribution is -2.35. The van der Waals surface area contributed by atoms with Gasteiger partial charge in [0.25, 0.3) is 5.91 Å². The van der Waals surface area contributed by atoms with Crippen molar-refractivity contribution in [1.29, 1.82) is 0 Å². The molecule has 0 N–H and O–H groups in total. The molecule has 0 unspecified atom stereocenters. The summed E-state index contributed by atoms with van der Waals surface area (Å²) in [6, 6.07) is 13.6. The highest BCUT2D eigenvalue weighted by molar-refractivity contribution is 8.26. The maximum atomic E-state index is 12.6. The summed E-state index contributed by atoms with van der Waals surface area (Å²) in [5.41, 5.74) is 1.06. The van der Waals surface area contributed by atoms with Crippen molar-refractivity contribution in [3.05, 3.63) is 64.6 Å². The zero-order chi connectivity index (χ0) is 20.1. The molecule has 1 aliphatic rings. The number of aldehydes is 1. The molecule has 0 spiro atoms. The topological polar surface area (TPSA) is 72.9 Å². The van der Waals surface area contributed by atoms with Crippen LogP contribution in [0.3, 0.4) is 0 Å². The molecule has 1 fully saturated rings. The van der Waals surface area contributed by atoms with E-state index in [0.717, 1.165) is 17.3 Å². The minimum Gasteiger partial charge on any atom is -0.497 e. The van der Waals surface area contributed by atoms with E-state index in [0.29, 0.717) is 16.9 Å². The highest BCUT2D eigenvalue weighted by Gasteiger charge is 2.34. The van der Waals surface area contributed by atoms with Crippen LogP contribution in [0.5, 0.6) is 11.5 Å². The van der Waals surface area contributed by atoms with Gasteiger partial charge in [0.15, 0.2) is 6.29 Å². The van der Waals surface area contributed by atoms with Gasteiger partial charge in [0.1, 0.15) is 22.4 Å². The number of para-hydroxylation sites is 1. The van der Waals surface area contributed by atoms with E-state index in [2.05, 4.69) is 0 Å². The smallest absolute Gasteiger partial charge is 0.331 e. The number of benzene rings is 2. The van der Waals surface area contributed by atoms with Crippen LogP contribution in [0.2, 0.25) is 0 Å². The van der Waals surface area contributed by atoms with E-state index in [1.54, 1.807) is 37.5 Å². The number of amides is 1. The molecule has 28 heavy (non-hydrogen) atoms. The number of ether oxygens (including phenoxy) is 2. The van der Waals surface area contributed by atoms with Gasteiger partial charge in [-0.1, -0.05) is 48.2 Å². The maximum absolute atomic E-state index is 12.6. The first-order chi connectivity index (χ1) is 13.5. The molecule has 3 rings (SSSR count). The summed E-state index contributed by atoms with van der Waals surface area (Å²) in [6.07, 6.45) is 2.30. The number of hydrogen-bond donors (Lipinski definition) is 0. The number of thioether (sulfide) groups is 1. The van der Waals surface area contributed by atoms with Crippen LogP contribution in [-0.2, 0) is 9.59 Å². The second-order valence-corrected chi connectivity index (χ2v) is 7.35. The number of carbonyl (C=O) groups is 3. The lowest BCUT2D eigenvalue weighted by molar-refractivity contribution is -0.138. The Morgan fingerprint density at radius 1 is 1.18 bits per heavy atom. The normalized spacial score (nSPS) is 15.0. The third-order valence-corrected chi connectivity index (χ3v) is 5.22. The molecule has 0 saturated carbocycles. The molecule has 0 aliphatic carbocycles. The maximum Gasteiger partial charge on any atom is 0.331 e. The van der Waals surface area contributed by atoms with Crippen molar-refractivity contribution in [2.24, 2.45) is 0 Å². The van der Waals surface area contributed by atoms with Crippen LogP contribution >= 0.6 is 24.0 Å². The van der Waals surface area contributed by atoms with E-state index >= 15 is 0 Å². The largest absolute Gasteiger partial charge is 0.497 e. The molecule has 0 bridgehead atoms. The predicted octanol–water partition coefficient (Wildman–Crippen LogP) is 3.31. The van der Waals surface area contributed by atoms with Crippen molar-refractivity contribution >= 4 is 52.5 Å². The molecular weight excluding hydrogens is 398 g/mol. The average molecular weight is 413 g/mol. The van der Waals surface area contributed by atoms with Crippen LogP contribution in [0.4, 0.5) is 0 Å². The molecule has 0 atom stereocenters. The van der Waals surface area contributed by atoms with E-state index in [-0.39, 0.29) is 28.1 Å². The van der Waals surface area contributed by atoms with Crippen LogP contribution in [0.25, 0.3) is 6.08 Å². The van der Waals surface area contributed by atoms with Crippen LogP contribution in [0.15, 0.2) is 53.4 Å². The second kappa shape index (κ2) is 8.81. The predicted molar refractivity (Wildman–Crippen MR) is 110 cm³/mol. The summed E-state index contributed by atoms with van der Waals surface area (Å²) in [5, 5.41) is 0. The fourth-order valence-electron chi connectivity index (χ4n) is 2.44. The molecule has 142 valence electrons. The molecule has 1 saturated heterocycles. The Labute approximate surface area is 171 Å². The number of esters is 1. The summed E-state index contributed by atoms with van der Waals surface area (Å²) >= 11 is 6.34. The molecule has 2 aromatic carbocycles. The molecule has 1 amide bonds. The lowest BCUT2D eigenvalue weighted by atomic mass is 10.2. The first-order valence-corrected chi connectivity index (χ1v) is 9.38. The molecule has 8 heteroatoms. The Bertz CT molecular complexity index is 969. The van der Waals surface area contributed by atoms with Gasteiger partial charge in [0.05, 0.1) is 17.6 Å². The number of nitrogens with zero attached hydrogens (tertiary/aromatic N) is 1. The van der Waals surface area contributed by atoms with E-state index in [9.17, 15) is 14.4 Å². The Hall–Kier alpha value is -2.97. The van der Waals surface area contributed by atoms with Crippen LogP contribution in [0.1, 0.15) is 15.9 Å². The number of carbonyl (C=O) groups excluding carboxylic acids is 3. The standard InChI is InChI=1S/C20H15NO5S2/c1-25-15-8-6-13(7-9-15)10-17-19(24)21(20(27)28-17)11-18(23)26-16-5-3-2-4-14(16)12-22/h2-10,12H,11H2,1H3/b17-10-. The summed E-state index contributed by atoms with van der Waals surface area (Å²) in [4.78, 5) is 37.5. The SMILES string of the molecule is COc1ccc(/C=C2\SC(=S)N(CC(=O)Oc3ccccc3C=O)C2=O)cc1. The molecule has 1 aliphatic heterocycles. The molecule has 0 radical (unpaired) electrons. The quantitative estimate of drug-likeness (QED) is 0.236. The monoisotopic (exact) mass is 413 g/mol. The van der Waals surface area contributed by atoms with Crippen molar-refractivity contribution in [2.75, 3.05) is 13.7 Å². The van der Waals surface area contributed by atoms with Crippen molar-refractivity contribution < 1.29 is 23.9 Å². The zero-order valence-corrected chi connectivity index (χ0v) is 16.4. The molecule has 0 aromatic heterocycles.